The third-order valence-corrected chi connectivity index (χ3v) is 12.7. The van der Waals surface area contributed by atoms with E-state index in [2.05, 4.69) is 52.1 Å². The first-order chi connectivity index (χ1) is 20.4. The zero-order valence-corrected chi connectivity index (χ0v) is 25.9. The van der Waals surface area contributed by atoms with E-state index in [1.165, 1.54) is 21.8 Å². The van der Waals surface area contributed by atoms with Crippen molar-refractivity contribution >= 4 is 56.5 Å². The number of aromatic amines is 1. The molecule has 0 radical (unpaired) electrons. The molecule has 42 heavy (non-hydrogen) atoms. The van der Waals surface area contributed by atoms with Crippen LogP contribution in [-0.4, -0.2) is 22.0 Å². The van der Waals surface area contributed by atoms with Gasteiger partial charge in [0.25, 0.3) is 0 Å². The zero-order chi connectivity index (χ0) is 28.7. The molecule has 2 amide bonds. The molecule has 4 aromatic rings. The number of nitrogens with zero attached hydrogens (tertiary/aromatic N) is 1. The molecule has 7 atom stereocenters. The highest BCUT2D eigenvalue weighted by atomic mass is 79.9. The van der Waals surface area contributed by atoms with Gasteiger partial charge in [-0.2, -0.15) is 0 Å². The molecule has 3 fully saturated rings. The van der Waals surface area contributed by atoms with E-state index < -0.39 is 0 Å². The van der Waals surface area contributed by atoms with Crippen molar-refractivity contribution in [3.05, 3.63) is 109 Å². The standard InChI is InChI=1S/C33H27BrN2O4S2/c1-16-5-4-6-17(13-16)15-40-23-8-3-2-7-20(23)24-25-21-14-22(28(25)41-30-29(24)42-33(39)35-30)27-26(21)31(37)36(32(27)38)19-11-9-18(34)10-12-19/h2-13,21-22,24-28H,14-15H2,1H3,(H,35,39)/t21-,22-,24?,25?,26?,27?,28?/m1/s1. The Hall–Kier alpha value is -3.14. The topological polar surface area (TPSA) is 79.5 Å². The molecule has 3 aromatic carbocycles. The number of H-pyrrole nitrogens is 1. The number of amides is 2. The zero-order valence-electron chi connectivity index (χ0n) is 22.7. The molecule has 9 heteroatoms. The van der Waals surface area contributed by atoms with Crippen molar-refractivity contribution in [3.63, 3.8) is 0 Å². The number of thioether (sulfide) groups is 1. The summed E-state index contributed by atoms with van der Waals surface area (Å²) in [6.07, 6.45) is 0.852. The number of imide groups is 1. The molecule has 212 valence electrons. The first-order valence-electron chi connectivity index (χ1n) is 14.2. The number of fused-ring (bicyclic) bond motifs is 9. The van der Waals surface area contributed by atoms with Crippen LogP contribution in [0.1, 0.15) is 33.9 Å². The number of para-hydroxylation sites is 1. The molecule has 6 nitrogen and oxygen atoms in total. The maximum atomic E-state index is 14.0. The van der Waals surface area contributed by atoms with E-state index >= 15 is 0 Å². The van der Waals surface area contributed by atoms with Gasteiger partial charge in [-0.15, -0.1) is 11.8 Å². The molecule has 2 saturated carbocycles. The lowest BCUT2D eigenvalue weighted by Gasteiger charge is -2.43. The highest BCUT2D eigenvalue weighted by Crippen LogP contribution is 2.69. The second kappa shape index (κ2) is 9.96. The lowest BCUT2D eigenvalue weighted by molar-refractivity contribution is -0.123. The summed E-state index contributed by atoms with van der Waals surface area (Å²) in [7, 11) is 0. The number of hydrogen-bond donors (Lipinski definition) is 1. The van der Waals surface area contributed by atoms with Crippen LogP contribution < -0.4 is 14.5 Å². The average molecular weight is 660 g/mol. The Morgan fingerprint density at radius 1 is 0.952 bits per heavy atom. The van der Waals surface area contributed by atoms with Crippen LogP contribution in [0.15, 0.2) is 87.1 Å². The maximum absolute atomic E-state index is 14.0. The fourth-order valence-corrected chi connectivity index (χ4v) is 11.2. The van der Waals surface area contributed by atoms with Gasteiger partial charge in [-0.1, -0.05) is 75.3 Å². The Bertz CT molecular complexity index is 1800. The van der Waals surface area contributed by atoms with Crippen LogP contribution in [0.3, 0.4) is 0 Å². The van der Waals surface area contributed by atoms with E-state index in [-0.39, 0.29) is 57.4 Å². The minimum Gasteiger partial charge on any atom is -0.489 e. The summed E-state index contributed by atoms with van der Waals surface area (Å²) >= 11 is 6.43. The van der Waals surface area contributed by atoms with Gasteiger partial charge in [-0.05, 0) is 67.0 Å². The van der Waals surface area contributed by atoms with Crippen LogP contribution in [0, 0.1) is 36.5 Å². The molecule has 5 unspecified atom stereocenters. The molecule has 0 spiro atoms. The molecule has 4 aliphatic rings. The van der Waals surface area contributed by atoms with Gasteiger partial charge in [0, 0.05) is 26.1 Å². The summed E-state index contributed by atoms with van der Waals surface area (Å²) in [5.41, 5.74) is 3.96. The lowest BCUT2D eigenvalue weighted by Crippen LogP contribution is -2.42. The van der Waals surface area contributed by atoms with Crippen LogP contribution in [0.4, 0.5) is 5.69 Å². The minimum absolute atomic E-state index is 0.0505. The number of anilines is 1. The largest absolute Gasteiger partial charge is 0.489 e. The molecule has 1 aromatic heterocycles. The second-order valence-corrected chi connectivity index (χ2v) is 14.9. The van der Waals surface area contributed by atoms with E-state index in [4.69, 9.17) is 4.74 Å². The third kappa shape index (κ3) is 4.00. The summed E-state index contributed by atoms with van der Waals surface area (Å²) in [6.45, 7) is 2.51. The number of carbonyl (C=O) groups is 2. The summed E-state index contributed by atoms with van der Waals surface area (Å²) in [5.74, 6) is 0.122. The van der Waals surface area contributed by atoms with Crippen molar-refractivity contribution in [1.82, 2.24) is 4.98 Å². The predicted molar refractivity (Wildman–Crippen MR) is 167 cm³/mol. The van der Waals surface area contributed by atoms with E-state index in [1.54, 1.807) is 11.8 Å². The molecular weight excluding hydrogens is 632 g/mol. The first-order valence-corrected chi connectivity index (χ1v) is 16.7. The molecule has 2 aliphatic heterocycles. The Morgan fingerprint density at radius 2 is 1.71 bits per heavy atom. The highest BCUT2D eigenvalue weighted by molar-refractivity contribution is 9.10. The fraction of sp³-hybridized carbons (Fsp3) is 0.303. The van der Waals surface area contributed by atoms with E-state index in [0.717, 1.165) is 37.7 Å². The van der Waals surface area contributed by atoms with E-state index in [1.807, 2.05) is 48.5 Å². The van der Waals surface area contributed by atoms with Gasteiger partial charge >= 0.3 is 4.87 Å². The molecule has 1 saturated heterocycles. The van der Waals surface area contributed by atoms with Crippen LogP contribution in [0.25, 0.3) is 0 Å². The van der Waals surface area contributed by atoms with Crippen molar-refractivity contribution < 1.29 is 14.3 Å². The third-order valence-electron chi connectivity index (χ3n) is 9.54. The number of rotatable bonds is 5. The average Bonchev–Trinajstić information content (AvgIpc) is 3.72. The van der Waals surface area contributed by atoms with Gasteiger partial charge < -0.3 is 9.72 Å². The number of thiazole rings is 1. The van der Waals surface area contributed by atoms with Crippen LogP contribution in [0.2, 0.25) is 0 Å². The van der Waals surface area contributed by atoms with E-state index in [0.29, 0.717) is 12.3 Å². The summed E-state index contributed by atoms with van der Waals surface area (Å²) < 4.78 is 7.37. The smallest absolute Gasteiger partial charge is 0.305 e. The van der Waals surface area contributed by atoms with Crippen LogP contribution >= 0.6 is 39.0 Å². The highest BCUT2D eigenvalue weighted by Gasteiger charge is 2.69. The number of nitrogens with one attached hydrogen (secondary N) is 1. The second-order valence-electron chi connectivity index (χ2n) is 11.8. The Morgan fingerprint density at radius 3 is 2.50 bits per heavy atom. The molecule has 1 N–H and O–H groups in total. The maximum Gasteiger partial charge on any atom is 0.305 e. The molecule has 8 rings (SSSR count). The minimum atomic E-state index is -0.340. The number of carbonyl (C=O) groups excluding carboxylic acids is 2. The van der Waals surface area contributed by atoms with Crippen molar-refractivity contribution in [2.75, 3.05) is 4.90 Å². The summed E-state index contributed by atoms with van der Waals surface area (Å²) in [5, 5.41) is 1.03. The van der Waals surface area contributed by atoms with Crippen molar-refractivity contribution in [3.8, 4) is 5.75 Å². The number of aryl methyl sites for hydroxylation is 1. The monoisotopic (exact) mass is 658 g/mol. The van der Waals surface area contributed by atoms with Gasteiger partial charge in [0.2, 0.25) is 11.8 Å². The van der Waals surface area contributed by atoms with Crippen molar-refractivity contribution in [2.45, 2.75) is 36.1 Å². The normalized spacial score (nSPS) is 29.0. The Labute approximate surface area is 259 Å². The van der Waals surface area contributed by atoms with Crippen molar-refractivity contribution in [2.24, 2.45) is 29.6 Å². The van der Waals surface area contributed by atoms with Gasteiger partial charge in [0.15, 0.2) is 0 Å². The van der Waals surface area contributed by atoms with Gasteiger partial charge in [0.1, 0.15) is 12.4 Å². The van der Waals surface area contributed by atoms with Gasteiger partial charge in [-0.3, -0.25) is 19.3 Å². The summed E-state index contributed by atoms with van der Waals surface area (Å²) in [6, 6.07) is 23.8. The Balaban J connectivity index is 1.18. The molecule has 2 aliphatic carbocycles. The molecule has 3 heterocycles. The van der Waals surface area contributed by atoms with E-state index in [9.17, 15) is 14.4 Å². The Kier molecular flexibility index (Phi) is 6.28. The van der Waals surface area contributed by atoms with Crippen LogP contribution in [-0.2, 0) is 16.2 Å². The lowest BCUT2D eigenvalue weighted by atomic mass is 9.68. The van der Waals surface area contributed by atoms with Gasteiger partial charge in [0.05, 0.1) is 22.5 Å². The number of hydrogen-bond acceptors (Lipinski definition) is 6. The quantitative estimate of drug-likeness (QED) is 0.240. The molecule has 2 bridgehead atoms. The number of benzene rings is 3. The predicted octanol–water partition coefficient (Wildman–Crippen LogP) is 6.76. The van der Waals surface area contributed by atoms with Gasteiger partial charge in [-0.25, -0.2) is 0 Å². The molecular formula is C33H27BrN2O4S2. The summed E-state index contributed by atoms with van der Waals surface area (Å²) in [4.78, 5) is 46.0. The number of aromatic nitrogens is 1. The van der Waals surface area contributed by atoms with Crippen LogP contribution in [0.5, 0.6) is 5.75 Å². The van der Waals surface area contributed by atoms with Crippen molar-refractivity contribution in [1.29, 1.82) is 0 Å². The SMILES string of the molecule is Cc1cccc(COc2ccccc2C2c3sc(=O)[nH]c3SC3C2[C@H]2C[C@@H]3C3C(=O)N(c4ccc(Br)cc4)C(=O)C32)c1. The number of ether oxygens (including phenoxy) is 1. The fourth-order valence-electron chi connectivity index (χ4n) is 8.04. The first kappa shape index (κ1) is 26.5. The number of halogens is 1.